The first-order valence-corrected chi connectivity index (χ1v) is 14.3. The topological polar surface area (TPSA) is 75.7 Å². The van der Waals surface area contributed by atoms with E-state index in [4.69, 9.17) is 14.2 Å². The molecule has 2 fully saturated rings. The van der Waals surface area contributed by atoms with Crippen molar-refractivity contribution in [1.82, 2.24) is 20.1 Å². The number of ether oxygens (including phenoxy) is 3. The van der Waals surface area contributed by atoms with Crippen LogP contribution in [0.1, 0.15) is 24.8 Å². The average Bonchev–Trinajstić information content (AvgIpc) is 3.42. The summed E-state index contributed by atoms with van der Waals surface area (Å²) in [5.41, 5.74) is 5.48. The zero-order valence-electron chi connectivity index (χ0n) is 22.6. The second-order valence-electron chi connectivity index (χ2n) is 10.8. The molecule has 4 aromatic rings. The van der Waals surface area contributed by atoms with Gasteiger partial charge in [0.1, 0.15) is 17.3 Å². The highest BCUT2D eigenvalue weighted by atomic mass is 19.1. The monoisotopic (exact) mass is 543 g/mol. The Morgan fingerprint density at radius 2 is 1.80 bits per heavy atom. The van der Waals surface area contributed by atoms with Gasteiger partial charge in [0.2, 0.25) is 0 Å². The van der Waals surface area contributed by atoms with Gasteiger partial charge >= 0.3 is 0 Å². The lowest BCUT2D eigenvalue weighted by atomic mass is 10.00. The van der Waals surface area contributed by atoms with E-state index in [0.717, 1.165) is 97.8 Å². The molecule has 1 N–H and O–H groups in total. The smallest absolute Gasteiger partial charge is 0.143 e. The van der Waals surface area contributed by atoms with Crippen LogP contribution < -0.4 is 9.64 Å². The number of morpholine rings is 1. The maximum atomic E-state index is 15.1. The molecule has 0 amide bonds. The van der Waals surface area contributed by atoms with Crippen molar-refractivity contribution < 1.29 is 18.6 Å². The lowest BCUT2D eigenvalue weighted by molar-refractivity contribution is 0.0115. The summed E-state index contributed by atoms with van der Waals surface area (Å²) in [7, 11) is 0. The average molecular weight is 544 g/mol. The number of halogens is 1. The summed E-state index contributed by atoms with van der Waals surface area (Å²) in [5.74, 6) is 0.548. The predicted molar refractivity (Wildman–Crippen MR) is 152 cm³/mol. The molecule has 2 aromatic carbocycles. The van der Waals surface area contributed by atoms with E-state index in [9.17, 15) is 0 Å². The first kappa shape index (κ1) is 25.4. The van der Waals surface area contributed by atoms with Gasteiger partial charge in [0.25, 0.3) is 0 Å². The van der Waals surface area contributed by atoms with Crippen LogP contribution in [0.2, 0.25) is 0 Å². The molecule has 0 unspecified atom stereocenters. The van der Waals surface area contributed by atoms with E-state index in [2.05, 4.69) is 43.2 Å². The molecular formula is C31H34FN5O3. The highest BCUT2D eigenvalue weighted by molar-refractivity contribution is 5.95. The van der Waals surface area contributed by atoms with E-state index in [1.165, 1.54) is 6.07 Å². The summed E-state index contributed by atoms with van der Waals surface area (Å²) < 4.78 is 33.0. The molecule has 2 saturated heterocycles. The highest BCUT2D eigenvalue weighted by Crippen LogP contribution is 2.38. The number of fused-ring (bicyclic) bond motifs is 6. The fraction of sp³-hybridized carbons (Fsp3) is 0.419. The van der Waals surface area contributed by atoms with Crippen LogP contribution in [0.15, 0.2) is 48.7 Å². The molecule has 7 rings (SSSR count). The number of nitrogens with zero attached hydrogens (tertiary/aromatic N) is 4. The lowest BCUT2D eigenvalue weighted by Gasteiger charge is -2.41. The van der Waals surface area contributed by atoms with Crippen molar-refractivity contribution in [3.8, 4) is 28.3 Å². The van der Waals surface area contributed by atoms with Gasteiger partial charge in [0.15, 0.2) is 0 Å². The molecule has 2 aromatic heterocycles. The zero-order valence-corrected chi connectivity index (χ0v) is 22.6. The van der Waals surface area contributed by atoms with Crippen LogP contribution in [-0.2, 0) is 16.1 Å². The lowest BCUT2D eigenvalue weighted by Crippen LogP contribution is -2.49. The van der Waals surface area contributed by atoms with Gasteiger partial charge < -0.3 is 19.1 Å². The first-order chi connectivity index (χ1) is 19.7. The van der Waals surface area contributed by atoms with Crippen LogP contribution >= 0.6 is 0 Å². The van der Waals surface area contributed by atoms with Crippen molar-refractivity contribution in [1.29, 1.82) is 0 Å². The van der Waals surface area contributed by atoms with Gasteiger partial charge in [0, 0.05) is 55.2 Å². The molecule has 8 nitrogen and oxygen atoms in total. The minimum Gasteiger partial charge on any atom is -0.491 e. The number of aromatic nitrogens is 3. The molecule has 0 saturated carbocycles. The number of nitrogens with one attached hydrogen (secondary N) is 1. The number of aromatic amines is 1. The van der Waals surface area contributed by atoms with Crippen LogP contribution in [0.5, 0.6) is 5.75 Å². The van der Waals surface area contributed by atoms with Crippen molar-refractivity contribution in [3.63, 3.8) is 0 Å². The fourth-order valence-corrected chi connectivity index (χ4v) is 6.23. The number of piperidine rings is 1. The third-order valence-electron chi connectivity index (χ3n) is 8.35. The predicted octanol–water partition coefficient (Wildman–Crippen LogP) is 5.03. The highest BCUT2D eigenvalue weighted by Gasteiger charge is 2.27. The Morgan fingerprint density at radius 3 is 2.67 bits per heavy atom. The molecule has 5 heterocycles. The van der Waals surface area contributed by atoms with E-state index in [1.807, 2.05) is 12.1 Å². The van der Waals surface area contributed by atoms with Gasteiger partial charge in [-0.25, -0.2) is 4.39 Å². The van der Waals surface area contributed by atoms with Gasteiger partial charge in [-0.2, -0.15) is 5.10 Å². The van der Waals surface area contributed by atoms with E-state index < -0.39 is 0 Å². The fourth-order valence-electron chi connectivity index (χ4n) is 6.23. The molecule has 0 atom stereocenters. The minimum atomic E-state index is -0.310. The van der Waals surface area contributed by atoms with Crippen LogP contribution in [0, 0.1) is 5.82 Å². The van der Waals surface area contributed by atoms with E-state index in [-0.39, 0.29) is 5.82 Å². The quantitative estimate of drug-likeness (QED) is 0.380. The molecule has 208 valence electrons. The Labute approximate surface area is 233 Å². The van der Waals surface area contributed by atoms with Gasteiger partial charge in [0.05, 0.1) is 56.1 Å². The van der Waals surface area contributed by atoms with Crippen molar-refractivity contribution in [2.75, 3.05) is 57.5 Å². The zero-order chi connectivity index (χ0) is 26.9. The Hall–Kier alpha value is -3.53. The van der Waals surface area contributed by atoms with Crippen LogP contribution in [0.4, 0.5) is 10.1 Å². The number of rotatable bonds is 2. The minimum absolute atomic E-state index is 0.308. The Balaban J connectivity index is 1.23. The third kappa shape index (κ3) is 4.93. The second-order valence-corrected chi connectivity index (χ2v) is 10.8. The standard InChI is InChI=1S/C31H34FN5O3/c32-25-4-1-3-22-20-39-13-2-14-40-29-17-21(31-24-18-26(30(22)25)33-19-27(24)34-35-31)5-6-28(29)37-9-7-23(8-10-37)36-11-15-38-16-12-36/h1,3-6,17-19,23H,2,7-16,20H2,(H,34,35). The molecule has 3 aliphatic heterocycles. The van der Waals surface area contributed by atoms with Gasteiger partial charge in [-0.1, -0.05) is 18.2 Å². The summed E-state index contributed by atoms with van der Waals surface area (Å²) in [4.78, 5) is 9.61. The summed E-state index contributed by atoms with van der Waals surface area (Å²) in [5, 5.41) is 8.62. The summed E-state index contributed by atoms with van der Waals surface area (Å²) in [6, 6.07) is 14.0. The van der Waals surface area contributed by atoms with Crippen LogP contribution in [-0.4, -0.2) is 78.7 Å². The second kappa shape index (κ2) is 11.2. The van der Waals surface area contributed by atoms with Crippen molar-refractivity contribution in [3.05, 3.63) is 60.0 Å². The molecule has 0 radical (unpaired) electrons. The maximum Gasteiger partial charge on any atom is 0.143 e. The maximum absolute atomic E-state index is 15.1. The molecule has 0 aliphatic carbocycles. The molecule has 0 spiro atoms. The number of hydrogen-bond acceptors (Lipinski definition) is 7. The first-order valence-electron chi connectivity index (χ1n) is 14.3. The van der Waals surface area contributed by atoms with E-state index in [1.54, 1.807) is 12.3 Å². The number of benzene rings is 2. The van der Waals surface area contributed by atoms with E-state index >= 15 is 4.39 Å². The Kier molecular flexibility index (Phi) is 7.09. The molecular weight excluding hydrogens is 509 g/mol. The molecule has 3 aliphatic rings. The number of pyridine rings is 1. The van der Waals surface area contributed by atoms with Gasteiger partial charge in [-0.3, -0.25) is 15.0 Å². The van der Waals surface area contributed by atoms with E-state index in [0.29, 0.717) is 37.1 Å². The van der Waals surface area contributed by atoms with Crippen molar-refractivity contribution >= 4 is 16.6 Å². The molecule has 40 heavy (non-hydrogen) atoms. The van der Waals surface area contributed by atoms with Gasteiger partial charge in [-0.15, -0.1) is 0 Å². The third-order valence-corrected chi connectivity index (χ3v) is 8.35. The Morgan fingerprint density at radius 1 is 0.925 bits per heavy atom. The normalized spacial score (nSPS) is 19.2. The van der Waals surface area contributed by atoms with Crippen molar-refractivity contribution in [2.24, 2.45) is 0 Å². The number of hydrogen-bond donors (Lipinski definition) is 1. The van der Waals surface area contributed by atoms with Crippen LogP contribution in [0.3, 0.4) is 0 Å². The summed E-state index contributed by atoms with van der Waals surface area (Å²) >= 11 is 0. The SMILES string of the molecule is Fc1cccc2c1-c1cc3c(n[nH]c3cn1)-c1ccc(N3CCC(N4CCOCC4)CC3)c(c1)OCCCOC2. The van der Waals surface area contributed by atoms with Crippen LogP contribution in [0.25, 0.3) is 33.4 Å². The van der Waals surface area contributed by atoms with Gasteiger partial charge in [-0.05, 0) is 42.7 Å². The molecule has 4 bridgehead atoms. The summed E-state index contributed by atoms with van der Waals surface area (Å²) in [6.07, 6.45) is 4.71. The summed E-state index contributed by atoms with van der Waals surface area (Å²) in [6.45, 7) is 7.07. The van der Waals surface area contributed by atoms with Crippen molar-refractivity contribution in [2.45, 2.75) is 31.9 Å². The largest absolute Gasteiger partial charge is 0.491 e. The molecule has 9 heteroatoms. The number of H-pyrrole nitrogens is 1. The Bertz CT molecular complexity index is 1490. The number of anilines is 1.